The summed E-state index contributed by atoms with van der Waals surface area (Å²) in [6.07, 6.45) is 2.40. The quantitative estimate of drug-likeness (QED) is 0.193. The van der Waals surface area contributed by atoms with Crippen LogP contribution in [0.5, 0.6) is 0 Å². The van der Waals surface area contributed by atoms with E-state index in [1.54, 1.807) is 0 Å². The Balaban J connectivity index is 1.42. The molecule has 0 heteroatoms. The Morgan fingerprint density at radius 2 is 1.00 bits per heavy atom. The number of aryl methyl sites for hydroxylation is 4. The molecular formula is C44H44. The third-order valence-corrected chi connectivity index (χ3v) is 9.93. The third kappa shape index (κ3) is 4.42. The molecule has 44 heavy (non-hydrogen) atoms. The van der Waals surface area contributed by atoms with Crippen molar-refractivity contribution in [1.82, 2.24) is 0 Å². The molecular weight excluding hydrogens is 528 g/mol. The van der Waals surface area contributed by atoms with E-state index >= 15 is 0 Å². The third-order valence-electron chi connectivity index (χ3n) is 9.93. The minimum Gasteiger partial charge on any atom is -0.0616 e. The monoisotopic (exact) mass is 572 g/mol. The van der Waals surface area contributed by atoms with Crippen LogP contribution < -0.4 is 10.4 Å². The largest absolute Gasteiger partial charge is 0.0616 e. The average Bonchev–Trinajstić information content (AvgIpc) is 3.45. The minimum atomic E-state index is 0.120. The molecule has 0 saturated heterocycles. The van der Waals surface area contributed by atoms with Crippen molar-refractivity contribution in [1.29, 1.82) is 0 Å². The molecule has 0 spiro atoms. The van der Waals surface area contributed by atoms with Gasteiger partial charge in [0.2, 0.25) is 0 Å². The second kappa shape index (κ2) is 9.67. The Kier molecular flexibility index (Phi) is 6.29. The van der Waals surface area contributed by atoms with Crippen molar-refractivity contribution in [2.45, 2.75) is 80.1 Å². The van der Waals surface area contributed by atoms with Crippen LogP contribution in [-0.4, -0.2) is 0 Å². The molecule has 0 aromatic heterocycles. The number of benzene rings is 5. The van der Waals surface area contributed by atoms with Crippen LogP contribution in [0.4, 0.5) is 0 Å². The molecule has 5 aromatic carbocycles. The summed E-state index contributed by atoms with van der Waals surface area (Å²) in [4.78, 5) is 0. The summed E-state index contributed by atoms with van der Waals surface area (Å²) in [5.74, 6) is 0. The van der Waals surface area contributed by atoms with Gasteiger partial charge in [0.1, 0.15) is 0 Å². The molecule has 7 rings (SSSR count). The highest BCUT2D eigenvalue weighted by atomic mass is 14.3. The highest BCUT2D eigenvalue weighted by Gasteiger charge is 2.27. The molecule has 0 amide bonds. The van der Waals surface area contributed by atoms with Gasteiger partial charge in [-0.3, -0.25) is 0 Å². The lowest BCUT2D eigenvalue weighted by Crippen LogP contribution is -2.15. The molecule has 0 atom stereocenters. The highest BCUT2D eigenvalue weighted by molar-refractivity contribution is 5.99. The highest BCUT2D eigenvalue weighted by Crippen LogP contribution is 2.41. The van der Waals surface area contributed by atoms with Crippen LogP contribution >= 0.6 is 0 Å². The lowest BCUT2D eigenvalue weighted by molar-refractivity contribution is 0.589. The van der Waals surface area contributed by atoms with Crippen LogP contribution in [0.1, 0.15) is 91.6 Å². The topological polar surface area (TPSA) is 0 Å². The van der Waals surface area contributed by atoms with Crippen LogP contribution in [-0.2, 0) is 10.8 Å². The average molecular weight is 573 g/mol. The Morgan fingerprint density at radius 1 is 0.455 bits per heavy atom. The number of fused-ring (bicyclic) bond motifs is 6. The standard InChI is InChI=1S/C44H44/c1-25-17-32(43(5,6)7)18-26(2)40(25)29-15-16-34-30(21-29)22-31-23-38-35-13-11-12-14-36(35)42(39(38)24-37(31)34)41-27(3)19-33(20-28(41)4)44(8,9)10/h11-24H,1-10H3. The molecule has 0 nitrogen and oxygen atoms in total. The first-order chi connectivity index (χ1) is 20.7. The van der Waals surface area contributed by atoms with E-state index in [1.165, 1.54) is 99.5 Å². The number of hydrogen-bond donors (Lipinski definition) is 0. The van der Waals surface area contributed by atoms with E-state index in [0.29, 0.717) is 0 Å². The molecule has 0 heterocycles. The molecule has 0 saturated carbocycles. The Morgan fingerprint density at radius 3 is 1.57 bits per heavy atom. The fourth-order valence-electron chi connectivity index (χ4n) is 7.64. The van der Waals surface area contributed by atoms with Crippen molar-refractivity contribution >= 4 is 11.6 Å². The molecule has 2 aliphatic rings. The predicted octanol–water partition coefficient (Wildman–Crippen LogP) is 10.2. The van der Waals surface area contributed by atoms with Gasteiger partial charge in [0.05, 0.1) is 0 Å². The maximum Gasteiger partial charge on any atom is -0.00208 e. The second-order valence-electron chi connectivity index (χ2n) is 15.3. The summed E-state index contributed by atoms with van der Waals surface area (Å²) in [6.45, 7) is 22.9. The Labute approximate surface area is 263 Å². The maximum atomic E-state index is 2.48. The maximum absolute atomic E-state index is 2.48. The van der Waals surface area contributed by atoms with E-state index < -0.39 is 0 Å². The van der Waals surface area contributed by atoms with Crippen molar-refractivity contribution in [3.05, 3.63) is 139 Å². The molecule has 0 radical (unpaired) electrons. The lowest BCUT2D eigenvalue weighted by atomic mass is 9.81. The van der Waals surface area contributed by atoms with Gasteiger partial charge in [-0.25, -0.2) is 0 Å². The summed E-state index contributed by atoms with van der Waals surface area (Å²) in [5.41, 5.74) is 21.9. The molecule has 0 unspecified atom stereocenters. The molecule has 220 valence electrons. The summed E-state index contributed by atoms with van der Waals surface area (Å²) < 4.78 is 0. The Bertz CT molecular complexity index is 2110. The van der Waals surface area contributed by atoms with Crippen molar-refractivity contribution in [3.63, 3.8) is 0 Å². The van der Waals surface area contributed by atoms with E-state index in [-0.39, 0.29) is 10.8 Å². The zero-order valence-electron chi connectivity index (χ0n) is 28.1. The number of hydrogen-bond acceptors (Lipinski definition) is 0. The normalized spacial score (nSPS) is 13.4. The van der Waals surface area contributed by atoms with Gasteiger partial charge in [0.25, 0.3) is 0 Å². The summed E-state index contributed by atoms with van der Waals surface area (Å²) in [6, 6.07) is 30.6. The summed E-state index contributed by atoms with van der Waals surface area (Å²) >= 11 is 0. The lowest BCUT2D eigenvalue weighted by Gasteiger charge is -2.23. The Hall–Kier alpha value is -4.16. The van der Waals surface area contributed by atoms with Crippen LogP contribution in [0.2, 0.25) is 0 Å². The predicted molar refractivity (Wildman–Crippen MR) is 190 cm³/mol. The molecule has 0 fully saturated rings. The zero-order chi connectivity index (χ0) is 31.3. The van der Waals surface area contributed by atoms with E-state index in [0.717, 1.165) is 0 Å². The fraction of sp³-hybridized carbons (Fsp3) is 0.273. The fourth-order valence-corrected chi connectivity index (χ4v) is 7.64. The van der Waals surface area contributed by atoms with Crippen molar-refractivity contribution in [2.75, 3.05) is 0 Å². The molecule has 0 bridgehead atoms. The van der Waals surface area contributed by atoms with Crippen molar-refractivity contribution in [2.24, 2.45) is 0 Å². The SMILES string of the molecule is Cc1cc(C(C)(C)C)cc(C)c1C1=c2cc3c(cc2-c2ccccc21)=Cc1cc(-c2c(C)cc(C(C)(C)C)cc2C)ccc1-3. The first-order valence-electron chi connectivity index (χ1n) is 16.1. The van der Waals surface area contributed by atoms with Gasteiger partial charge in [-0.05, 0) is 162 Å². The van der Waals surface area contributed by atoms with Gasteiger partial charge in [-0.1, -0.05) is 102 Å². The number of rotatable bonds is 2. The van der Waals surface area contributed by atoms with Gasteiger partial charge in [0.15, 0.2) is 0 Å². The van der Waals surface area contributed by atoms with E-state index in [2.05, 4.69) is 154 Å². The van der Waals surface area contributed by atoms with Gasteiger partial charge in [0, 0.05) is 0 Å². The van der Waals surface area contributed by atoms with Gasteiger partial charge in [-0.2, -0.15) is 0 Å². The van der Waals surface area contributed by atoms with Crippen LogP contribution in [0.3, 0.4) is 0 Å². The van der Waals surface area contributed by atoms with Gasteiger partial charge < -0.3 is 0 Å². The second-order valence-corrected chi connectivity index (χ2v) is 15.3. The van der Waals surface area contributed by atoms with E-state index in [9.17, 15) is 0 Å². The van der Waals surface area contributed by atoms with Crippen LogP contribution in [0, 0.1) is 27.7 Å². The molecule has 0 aliphatic heterocycles. The van der Waals surface area contributed by atoms with Crippen molar-refractivity contribution in [3.8, 4) is 33.4 Å². The molecule has 5 aromatic rings. The zero-order valence-corrected chi connectivity index (χ0v) is 28.1. The van der Waals surface area contributed by atoms with Crippen LogP contribution in [0.15, 0.2) is 78.9 Å². The van der Waals surface area contributed by atoms with Crippen LogP contribution in [0.25, 0.3) is 45.0 Å². The van der Waals surface area contributed by atoms with Gasteiger partial charge >= 0.3 is 0 Å². The molecule has 0 N–H and O–H groups in total. The molecule has 2 aliphatic carbocycles. The minimum absolute atomic E-state index is 0.120. The first kappa shape index (κ1) is 28.6. The van der Waals surface area contributed by atoms with E-state index in [4.69, 9.17) is 0 Å². The van der Waals surface area contributed by atoms with Gasteiger partial charge in [-0.15, -0.1) is 0 Å². The summed E-state index contributed by atoms with van der Waals surface area (Å²) in [7, 11) is 0. The first-order valence-corrected chi connectivity index (χ1v) is 16.1. The summed E-state index contributed by atoms with van der Waals surface area (Å²) in [5, 5.41) is 2.68. The smallest absolute Gasteiger partial charge is 0.00208 e. The van der Waals surface area contributed by atoms with Crippen molar-refractivity contribution < 1.29 is 0 Å². The van der Waals surface area contributed by atoms with E-state index in [1.807, 2.05) is 0 Å².